The molecule has 9 nitrogen and oxygen atoms in total. The number of phenols is 2. The van der Waals surface area contributed by atoms with Crippen molar-refractivity contribution in [3.8, 4) is 11.5 Å². The maximum atomic E-state index is 10.7. The van der Waals surface area contributed by atoms with E-state index in [9.17, 15) is 16.8 Å². The van der Waals surface area contributed by atoms with Gasteiger partial charge in [0, 0.05) is 65.2 Å². The fourth-order valence-corrected chi connectivity index (χ4v) is 2.14. The molecule has 0 aliphatic heterocycles. The van der Waals surface area contributed by atoms with Crippen molar-refractivity contribution in [1.29, 1.82) is 0 Å². The van der Waals surface area contributed by atoms with Gasteiger partial charge in [0.2, 0.25) is 0 Å². The second-order valence-electron chi connectivity index (χ2n) is 2.74. The maximum absolute atomic E-state index is 10.7. The number of benzene rings is 1. The second kappa shape index (κ2) is 8.14. The molecule has 13 heteroatoms. The van der Waals surface area contributed by atoms with E-state index in [0.717, 1.165) is 0 Å². The smallest absolute Gasteiger partial charge is 0.298 e. The Bertz CT molecular complexity index is 637. The van der Waals surface area contributed by atoms with Crippen LogP contribution in [0.15, 0.2) is 21.9 Å². The van der Waals surface area contributed by atoms with Crippen LogP contribution in [-0.2, 0) is 20.2 Å². The third-order valence-corrected chi connectivity index (χ3v) is 3.30. The van der Waals surface area contributed by atoms with Gasteiger partial charge < -0.3 is 15.7 Å². The predicted molar refractivity (Wildman–Crippen MR) is 64.5 cm³/mol. The Hall–Kier alpha value is 0.600. The average Bonchev–Trinajstić information content (AvgIpc) is 2.05. The number of aromatic hydroxyl groups is 2. The molecular weight excluding hydrogens is 326 g/mol. The fourth-order valence-electron chi connectivity index (χ4n) is 0.914. The molecule has 0 spiro atoms. The predicted octanol–water partition coefficient (Wildman–Crippen LogP) is -2.00. The van der Waals surface area contributed by atoms with Crippen molar-refractivity contribution >= 4 is 79.4 Å². The van der Waals surface area contributed by atoms with E-state index in [1.54, 1.807) is 0 Å². The molecule has 0 heterocycles. The average molecular weight is 334 g/mol. The topological polar surface area (TPSA) is 181 Å². The van der Waals surface area contributed by atoms with Crippen LogP contribution in [0.5, 0.6) is 11.5 Å². The Morgan fingerprint density at radius 1 is 0.842 bits per heavy atom. The van der Waals surface area contributed by atoms with Gasteiger partial charge in [-0.3, -0.25) is 9.11 Å². The van der Waals surface area contributed by atoms with Gasteiger partial charge in [-0.2, -0.15) is 16.8 Å². The van der Waals surface area contributed by atoms with Crippen LogP contribution in [0.3, 0.4) is 0 Å². The van der Waals surface area contributed by atoms with Crippen LogP contribution in [0, 0.1) is 0 Å². The molecule has 0 aliphatic carbocycles. The minimum atomic E-state index is -4.92. The first-order valence-electron chi connectivity index (χ1n) is 3.54. The number of phenolic OH excluding ortho intramolecular Hbond substituents is 2. The third kappa shape index (κ3) is 6.27. The molecule has 0 bridgehead atoms. The van der Waals surface area contributed by atoms with Gasteiger partial charge in [0.1, 0.15) is 4.90 Å². The van der Waals surface area contributed by atoms with E-state index in [-0.39, 0.29) is 64.6 Å². The summed E-state index contributed by atoms with van der Waals surface area (Å²) >= 11 is 0. The number of hydrogen-bond acceptors (Lipinski definition) is 6. The SMILES string of the molecule is O.O=S(=O)(O)c1cc(O)c(O)c(S(=O)(=O)O)c1.[Na].[Na]. The minimum absolute atomic E-state index is 0. The van der Waals surface area contributed by atoms with Gasteiger partial charge in [0.05, 0.1) is 4.90 Å². The van der Waals surface area contributed by atoms with Crippen molar-refractivity contribution < 1.29 is 41.6 Å². The summed E-state index contributed by atoms with van der Waals surface area (Å²) in [5.41, 5.74) is 0. The summed E-state index contributed by atoms with van der Waals surface area (Å²) in [5.74, 6) is -2.32. The zero-order valence-electron chi connectivity index (χ0n) is 9.89. The summed E-state index contributed by atoms with van der Waals surface area (Å²) in [6.45, 7) is 0. The molecular formula is C6H8Na2O9S2. The van der Waals surface area contributed by atoms with Crippen LogP contribution in [0.2, 0.25) is 0 Å². The van der Waals surface area contributed by atoms with Crippen LogP contribution >= 0.6 is 0 Å². The van der Waals surface area contributed by atoms with Crippen molar-refractivity contribution in [2.24, 2.45) is 0 Å². The van der Waals surface area contributed by atoms with Gasteiger partial charge in [-0.25, -0.2) is 0 Å². The van der Waals surface area contributed by atoms with Crippen LogP contribution < -0.4 is 0 Å². The maximum Gasteiger partial charge on any atom is 0.298 e. The Kier molecular flexibility index (Phi) is 10.5. The molecule has 0 aliphatic rings. The van der Waals surface area contributed by atoms with Gasteiger partial charge in [0.25, 0.3) is 20.2 Å². The van der Waals surface area contributed by atoms with E-state index in [4.69, 9.17) is 19.3 Å². The molecule has 1 aromatic rings. The minimum Gasteiger partial charge on any atom is -0.504 e. The van der Waals surface area contributed by atoms with Gasteiger partial charge in [0.15, 0.2) is 11.5 Å². The molecule has 0 amide bonds. The van der Waals surface area contributed by atoms with Gasteiger partial charge >= 0.3 is 0 Å². The quantitative estimate of drug-likeness (QED) is 0.272. The molecule has 0 atom stereocenters. The summed E-state index contributed by atoms with van der Waals surface area (Å²) in [5, 5.41) is 18.1. The molecule has 19 heavy (non-hydrogen) atoms. The summed E-state index contributed by atoms with van der Waals surface area (Å²) in [4.78, 5) is -2.20. The Balaban J connectivity index is -0.000000853. The number of rotatable bonds is 2. The van der Waals surface area contributed by atoms with E-state index < -0.39 is 41.5 Å². The van der Waals surface area contributed by atoms with Crippen LogP contribution in [0.25, 0.3) is 0 Å². The largest absolute Gasteiger partial charge is 0.504 e. The molecule has 0 saturated carbocycles. The molecule has 100 valence electrons. The van der Waals surface area contributed by atoms with Crippen LogP contribution in [0.4, 0.5) is 0 Å². The molecule has 1 aromatic carbocycles. The first-order valence-corrected chi connectivity index (χ1v) is 6.42. The fraction of sp³-hybridized carbons (Fsp3) is 0. The van der Waals surface area contributed by atoms with E-state index in [1.165, 1.54) is 0 Å². The molecule has 0 aromatic heterocycles. The van der Waals surface area contributed by atoms with E-state index in [0.29, 0.717) is 12.1 Å². The molecule has 0 fully saturated rings. The van der Waals surface area contributed by atoms with Crippen molar-refractivity contribution in [2.75, 3.05) is 0 Å². The summed E-state index contributed by atoms with van der Waals surface area (Å²) in [6, 6.07) is 0.735. The normalized spacial score (nSPS) is 10.6. The second-order valence-corrected chi connectivity index (χ2v) is 5.55. The monoisotopic (exact) mass is 334 g/mol. The van der Waals surface area contributed by atoms with Gasteiger partial charge in [-0.05, 0) is 6.07 Å². The Labute approximate surface area is 153 Å². The molecule has 0 unspecified atom stereocenters. The number of hydrogen-bond donors (Lipinski definition) is 4. The van der Waals surface area contributed by atoms with Gasteiger partial charge in [-0.1, -0.05) is 0 Å². The zero-order chi connectivity index (χ0) is 12.7. The summed E-state index contributed by atoms with van der Waals surface area (Å²) < 4.78 is 59.9. The first kappa shape index (κ1) is 24.6. The zero-order valence-corrected chi connectivity index (χ0v) is 15.5. The summed E-state index contributed by atoms with van der Waals surface area (Å²) in [7, 11) is -9.70. The van der Waals surface area contributed by atoms with E-state index >= 15 is 0 Å². The molecule has 0 saturated heterocycles. The van der Waals surface area contributed by atoms with Crippen LogP contribution in [0.1, 0.15) is 0 Å². The third-order valence-electron chi connectivity index (χ3n) is 1.60. The Morgan fingerprint density at radius 3 is 1.58 bits per heavy atom. The van der Waals surface area contributed by atoms with Crippen molar-refractivity contribution in [3.05, 3.63) is 12.1 Å². The molecule has 6 N–H and O–H groups in total. The van der Waals surface area contributed by atoms with E-state index in [2.05, 4.69) is 0 Å². The molecule has 2 radical (unpaired) electrons. The van der Waals surface area contributed by atoms with Crippen molar-refractivity contribution in [1.82, 2.24) is 0 Å². The van der Waals surface area contributed by atoms with E-state index in [1.807, 2.05) is 0 Å². The first-order chi connectivity index (χ1) is 7.03. The molecule has 1 rings (SSSR count). The standard InChI is InChI=1S/C6H6O8S2.2Na.H2O/c7-4-1-3(15(9,10)11)2-5(6(4)8)16(12,13)14;;;/h1-2,7-8H,(H,9,10,11)(H,12,13,14);;;1H2. The Morgan fingerprint density at radius 2 is 1.26 bits per heavy atom. The van der Waals surface area contributed by atoms with Crippen molar-refractivity contribution in [3.63, 3.8) is 0 Å². The van der Waals surface area contributed by atoms with Crippen LogP contribution in [-0.4, -0.2) is 101 Å². The van der Waals surface area contributed by atoms with Crippen molar-refractivity contribution in [2.45, 2.75) is 9.79 Å². The van der Waals surface area contributed by atoms with Gasteiger partial charge in [-0.15, -0.1) is 0 Å². The summed E-state index contributed by atoms with van der Waals surface area (Å²) in [6.07, 6.45) is 0.